The van der Waals surface area contributed by atoms with E-state index < -0.39 is 24.1 Å². The maximum absolute atomic E-state index is 12.6. The Balaban J connectivity index is 2.83. The van der Waals surface area contributed by atoms with Crippen molar-refractivity contribution in [2.24, 2.45) is 5.73 Å². The van der Waals surface area contributed by atoms with Crippen LogP contribution in [-0.2, 0) is 0 Å². The van der Waals surface area contributed by atoms with Crippen molar-refractivity contribution >= 4 is 0 Å². The lowest BCUT2D eigenvalue weighted by Gasteiger charge is -2.26. The highest BCUT2D eigenvalue weighted by Crippen LogP contribution is 2.27. The van der Waals surface area contributed by atoms with Crippen molar-refractivity contribution in [1.29, 1.82) is 0 Å². The molecule has 1 rings (SSSR count). The quantitative estimate of drug-likeness (QED) is 0.835. The Morgan fingerprint density at radius 3 is 2.18 bits per heavy atom. The van der Waals surface area contributed by atoms with Crippen molar-refractivity contribution in [1.82, 2.24) is 0 Å². The minimum Gasteiger partial charge on any atom is -0.479 e. The van der Waals surface area contributed by atoms with Gasteiger partial charge >= 0.3 is 6.18 Å². The van der Waals surface area contributed by atoms with Crippen molar-refractivity contribution < 1.29 is 22.3 Å². The number of benzene rings is 1. The lowest BCUT2D eigenvalue weighted by atomic mass is 10.1. The van der Waals surface area contributed by atoms with Gasteiger partial charge in [0.25, 0.3) is 0 Å². The Morgan fingerprint density at radius 1 is 1.24 bits per heavy atom. The third kappa shape index (κ3) is 3.89. The second-order valence-corrected chi connectivity index (χ2v) is 3.61. The van der Waals surface area contributed by atoms with Crippen LogP contribution in [0.2, 0.25) is 0 Å². The van der Waals surface area contributed by atoms with Gasteiger partial charge in [0, 0.05) is 0 Å². The zero-order valence-corrected chi connectivity index (χ0v) is 9.17. The van der Waals surface area contributed by atoms with E-state index >= 15 is 0 Å². The van der Waals surface area contributed by atoms with E-state index in [1.54, 1.807) is 0 Å². The van der Waals surface area contributed by atoms with E-state index in [-0.39, 0.29) is 12.2 Å². The van der Waals surface area contributed by atoms with Gasteiger partial charge in [-0.2, -0.15) is 13.2 Å². The highest BCUT2D eigenvalue weighted by molar-refractivity contribution is 5.22. The first kappa shape index (κ1) is 13.8. The van der Waals surface area contributed by atoms with E-state index in [4.69, 9.17) is 10.5 Å². The summed E-state index contributed by atoms with van der Waals surface area (Å²) in [5.74, 6) is -0.599. The molecule has 0 aliphatic carbocycles. The van der Waals surface area contributed by atoms with Crippen LogP contribution in [0.1, 0.15) is 13.3 Å². The molecule has 1 aromatic rings. The molecule has 0 saturated carbocycles. The molecule has 17 heavy (non-hydrogen) atoms. The molecule has 2 atom stereocenters. The predicted octanol–water partition coefficient (Wildman–Crippen LogP) is 2.87. The lowest BCUT2D eigenvalue weighted by molar-refractivity contribution is -0.200. The Morgan fingerprint density at radius 2 is 1.76 bits per heavy atom. The molecule has 6 heteroatoms. The van der Waals surface area contributed by atoms with E-state index in [1.165, 1.54) is 6.92 Å². The molecular formula is C11H13F4NO. The van der Waals surface area contributed by atoms with Crippen molar-refractivity contribution in [2.45, 2.75) is 31.7 Å². The van der Waals surface area contributed by atoms with Crippen LogP contribution in [0.3, 0.4) is 0 Å². The number of hydrogen-bond acceptors (Lipinski definition) is 2. The SMILES string of the molecule is CCC(N)C(Oc1ccc(F)cc1)C(F)(F)F. The van der Waals surface area contributed by atoms with Crippen LogP contribution in [0.5, 0.6) is 5.75 Å². The van der Waals surface area contributed by atoms with Gasteiger partial charge in [-0.1, -0.05) is 6.92 Å². The minimum absolute atomic E-state index is 0.0578. The number of halogens is 4. The summed E-state index contributed by atoms with van der Waals surface area (Å²) in [6.07, 6.45) is -6.51. The van der Waals surface area contributed by atoms with Crippen LogP contribution in [0.25, 0.3) is 0 Å². The number of ether oxygens (including phenoxy) is 1. The monoisotopic (exact) mass is 251 g/mol. The van der Waals surface area contributed by atoms with E-state index in [1.807, 2.05) is 0 Å². The Labute approximate surface area is 96.4 Å². The van der Waals surface area contributed by atoms with Gasteiger partial charge in [-0.05, 0) is 30.7 Å². The van der Waals surface area contributed by atoms with Crippen LogP contribution in [-0.4, -0.2) is 18.3 Å². The first-order chi connectivity index (χ1) is 7.84. The topological polar surface area (TPSA) is 35.2 Å². The van der Waals surface area contributed by atoms with Gasteiger partial charge in [-0.3, -0.25) is 0 Å². The Bertz CT molecular complexity index is 349. The molecule has 0 bridgehead atoms. The summed E-state index contributed by atoms with van der Waals surface area (Å²) >= 11 is 0. The van der Waals surface area contributed by atoms with Gasteiger partial charge in [-0.25, -0.2) is 4.39 Å². The van der Waals surface area contributed by atoms with Gasteiger partial charge in [0.15, 0.2) is 0 Å². The molecule has 0 spiro atoms. The fourth-order valence-electron chi connectivity index (χ4n) is 1.27. The lowest BCUT2D eigenvalue weighted by Crippen LogP contribution is -2.48. The fourth-order valence-corrected chi connectivity index (χ4v) is 1.27. The summed E-state index contributed by atoms with van der Waals surface area (Å²) in [6.45, 7) is 1.54. The zero-order valence-electron chi connectivity index (χ0n) is 9.17. The second-order valence-electron chi connectivity index (χ2n) is 3.61. The van der Waals surface area contributed by atoms with Crippen LogP contribution < -0.4 is 10.5 Å². The molecule has 0 saturated heterocycles. The fraction of sp³-hybridized carbons (Fsp3) is 0.455. The van der Waals surface area contributed by atoms with Crippen molar-refractivity contribution in [3.8, 4) is 5.75 Å². The van der Waals surface area contributed by atoms with E-state index in [2.05, 4.69) is 0 Å². The van der Waals surface area contributed by atoms with Crippen molar-refractivity contribution in [3.63, 3.8) is 0 Å². The number of rotatable bonds is 4. The third-order valence-electron chi connectivity index (χ3n) is 2.26. The van der Waals surface area contributed by atoms with Gasteiger partial charge in [0.2, 0.25) is 6.10 Å². The molecule has 0 aliphatic rings. The molecule has 1 aromatic carbocycles. The van der Waals surface area contributed by atoms with Crippen LogP contribution >= 0.6 is 0 Å². The largest absolute Gasteiger partial charge is 0.479 e. The van der Waals surface area contributed by atoms with Gasteiger partial charge in [0.1, 0.15) is 11.6 Å². The zero-order chi connectivity index (χ0) is 13.1. The average Bonchev–Trinajstić information content (AvgIpc) is 2.25. The van der Waals surface area contributed by atoms with E-state index in [9.17, 15) is 17.6 Å². The highest BCUT2D eigenvalue weighted by Gasteiger charge is 2.45. The Hall–Kier alpha value is -1.30. The van der Waals surface area contributed by atoms with Crippen LogP contribution in [0.4, 0.5) is 17.6 Å². The average molecular weight is 251 g/mol. The van der Waals surface area contributed by atoms with E-state index in [0.29, 0.717) is 0 Å². The predicted molar refractivity (Wildman–Crippen MR) is 55.1 cm³/mol. The molecule has 96 valence electrons. The van der Waals surface area contributed by atoms with Crippen molar-refractivity contribution in [2.75, 3.05) is 0 Å². The second kappa shape index (κ2) is 5.35. The summed E-state index contributed by atoms with van der Waals surface area (Å²) in [4.78, 5) is 0. The standard InChI is InChI=1S/C11H13F4NO/c1-2-9(16)10(11(13,14)15)17-8-5-3-7(12)4-6-8/h3-6,9-10H,2,16H2,1H3. The maximum Gasteiger partial charge on any atom is 0.426 e. The molecule has 0 aliphatic heterocycles. The highest BCUT2D eigenvalue weighted by atomic mass is 19.4. The summed E-state index contributed by atoms with van der Waals surface area (Å²) in [7, 11) is 0. The summed E-state index contributed by atoms with van der Waals surface area (Å²) in [6, 6.07) is 3.17. The first-order valence-electron chi connectivity index (χ1n) is 5.09. The first-order valence-corrected chi connectivity index (χ1v) is 5.09. The maximum atomic E-state index is 12.6. The molecule has 0 heterocycles. The van der Waals surface area contributed by atoms with Crippen LogP contribution in [0, 0.1) is 5.82 Å². The minimum atomic E-state index is -4.55. The molecular weight excluding hydrogens is 238 g/mol. The van der Waals surface area contributed by atoms with Crippen molar-refractivity contribution in [3.05, 3.63) is 30.1 Å². The Kier molecular flexibility index (Phi) is 4.34. The van der Waals surface area contributed by atoms with E-state index in [0.717, 1.165) is 24.3 Å². The smallest absolute Gasteiger partial charge is 0.426 e. The normalized spacial score (nSPS) is 15.4. The van der Waals surface area contributed by atoms with Crippen LogP contribution in [0.15, 0.2) is 24.3 Å². The van der Waals surface area contributed by atoms with Gasteiger partial charge < -0.3 is 10.5 Å². The summed E-state index contributed by atoms with van der Waals surface area (Å²) in [5, 5.41) is 0. The molecule has 2 unspecified atom stereocenters. The molecule has 0 aromatic heterocycles. The molecule has 0 amide bonds. The molecule has 0 radical (unpaired) electrons. The summed E-state index contributed by atoms with van der Waals surface area (Å²) < 4.78 is 55.3. The number of nitrogens with two attached hydrogens (primary N) is 1. The molecule has 2 nitrogen and oxygen atoms in total. The van der Waals surface area contributed by atoms with Gasteiger partial charge in [0.05, 0.1) is 6.04 Å². The number of alkyl halides is 3. The molecule has 2 N–H and O–H groups in total. The summed E-state index contributed by atoms with van der Waals surface area (Å²) in [5.41, 5.74) is 5.36. The third-order valence-corrected chi connectivity index (χ3v) is 2.26. The number of hydrogen-bond donors (Lipinski definition) is 1. The van der Waals surface area contributed by atoms with Gasteiger partial charge in [-0.15, -0.1) is 0 Å². The molecule has 0 fully saturated rings.